The standard InChI is InChI=1S/C17H19NO3/c1-12-7-5-6-8-14(12)18-11-13-9-15(19-2)17(21-4)16(10-13)20-3/h5-11H,1-4H3. The van der Waals surface area contributed by atoms with Gasteiger partial charge in [-0.3, -0.25) is 4.99 Å². The maximum atomic E-state index is 5.33. The summed E-state index contributed by atoms with van der Waals surface area (Å²) in [6.45, 7) is 2.03. The fourth-order valence-electron chi connectivity index (χ4n) is 2.03. The zero-order chi connectivity index (χ0) is 15.2. The highest BCUT2D eigenvalue weighted by Gasteiger charge is 2.12. The molecular formula is C17H19NO3. The minimum atomic E-state index is 0.577. The Hall–Kier alpha value is -2.49. The van der Waals surface area contributed by atoms with Crippen LogP contribution in [0.5, 0.6) is 17.2 Å². The fraction of sp³-hybridized carbons (Fsp3) is 0.235. The van der Waals surface area contributed by atoms with E-state index in [1.54, 1.807) is 27.5 Å². The molecular weight excluding hydrogens is 266 g/mol. The van der Waals surface area contributed by atoms with Gasteiger partial charge in [0.05, 0.1) is 27.0 Å². The summed E-state index contributed by atoms with van der Waals surface area (Å²) in [5.41, 5.74) is 2.94. The van der Waals surface area contributed by atoms with E-state index in [-0.39, 0.29) is 0 Å². The zero-order valence-electron chi connectivity index (χ0n) is 12.7. The Morgan fingerprint density at radius 3 is 2.05 bits per heavy atom. The molecule has 0 saturated heterocycles. The Labute approximate surface area is 125 Å². The predicted molar refractivity (Wildman–Crippen MR) is 84.5 cm³/mol. The Morgan fingerprint density at radius 1 is 0.905 bits per heavy atom. The van der Waals surface area contributed by atoms with Crippen molar-refractivity contribution in [1.29, 1.82) is 0 Å². The lowest BCUT2D eigenvalue weighted by Gasteiger charge is -2.12. The summed E-state index contributed by atoms with van der Waals surface area (Å²) < 4.78 is 16.0. The van der Waals surface area contributed by atoms with Gasteiger partial charge in [-0.15, -0.1) is 0 Å². The summed E-state index contributed by atoms with van der Waals surface area (Å²) in [5, 5.41) is 0. The number of ether oxygens (including phenoxy) is 3. The number of aryl methyl sites for hydroxylation is 1. The SMILES string of the molecule is COc1cc(C=Nc2ccccc2C)cc(OC)c1OC. The van der Waals surface area contributed by atoms with Crippen LogP contribution >= 0.6 is 0 Å². The summed E-state index contributed by atoms with van der Waals surface area (Å²) in [6.07, 6.45) is 1.78. The molecule has 0 atom stereocenters. The summed E-state index contributed by atoms with van der Waals surface area (Å²) in [7, 11) is 4.78. The molecule has 0 spiro atoms. The molecule has 0 aliphatic heterocycles. The predicted octanol–water partition coefficient (Wildman–Crippen LogP) is 3.77. The number of rotatable bonds is 5. The van der Waals surface area contributed by atoms with Crippen LogP contribution in [0.15, 0.2) is 41.4 Å². The van der Waals surface area contributed by atoms with Crippen LogP contribution in [0.2, 0.25) is 0 Å². The monoisotopic (exact) mass is 285 g/mol. The van der Waals surface area contributed by atoms with E-state index in [1.807, 2.05) is 43.3 Å². The van der Waals surface area contributed by atoms with Crippen molar-refractivity contribution in [2.24, 2.45) is 4.99 Å². The number of methoxy groups -OCH3 is 3. The smallest absolute Gasteiger partial charge is 0.203 e. The van der Waals surface area contributed by atoms with Crippen molar-refractivity contribution < 1.29 is 14.2 Å². The van der Waals surface area contributed by atoms with Crippen molar-refractivity contribution >= 4 is 11.9 Å². The first-order valence-electron chi connectivity index (χ1n) is 6.59. The molecule has 0 saturated carbocycles. The van der Waals surface area contributed by atoms with E-state index < -0.39 is 0 Å². The van der Waals surface area contributed by atoms with Crippen LogP contribution in [0.4, 0.5) is 5.69 Å². The second-order valence-corrected chi connectivity index (χ2v) is 4.50. The van der Waals surface area contributed by atoms with Gasteiger partial charge in [0, 0.05) is 11.8 Å². The molecule has 0 aliphatic carbocycles. The van der Waals surface area contributed by atoms with Crippen LogP contribution in [-0.4, -0.2) is 27.5 Å². The summed E-state index contributed by atoms with van der Waals surface area (Å²) >= 11 is 0. The van der Waals surface area contributed by atoms with Gasteiger partial charge in [-0.1, -0.05) is 18.2 Å². The minimum absolute atomic E-state index is 0.577. The quantitative estimate of drug-likeness (QED) is 0.785. The highest BCUT2D eigenvalue weighted by molar-refractivity contribution is 5.84. The second-order valence-electron chi connectivity index (χ2n) is 4.50. The molecule has 4 heteroatoms. The molecule has 0 unspecified atom stereocenters. The number of hydrogen-bond donors (Lipinski definition) is 0. The van der Waals surface area contributed by atoms with Crippen molar-refractivity contribution in [2.75, 3.05) is 21.3 Å². The molecule has 2 aromatic rings. The number of hydrogen-bond acceptors (Lipinski definition) is 4. The number of nitrogens with zero attached hydrogens (tertiary/aromatic N) is 1. The third-order valence-corrected chi connectivity index (χ3v) is 3.16. The van der Waals surface area contributed by atoms with E-state index in [1.165, 1.54) is 0 Å². The molecule has 21 heavy (non-hydrogen) atoms. The summed E-state index contributed by atoms with van der Waals surface area (Å²) in [5.74, 6) is 1.80. The van der Waals surface area contributed by atoms with E-state index in [4.69, 9.17) is 14.2 Å². The van der Waals surface area contributed by atoms with E-state index >= 15 is 0 Å². The van der Waals surface area contributed by atoms with Gasteiger partial charge >= 0.3 is 0 Å². The van der Waals surface area contributed by atoms with Crippen molar-refractivity contribution in [3.05, 3.63) is 47.5 Å². The van der Waals surface area contributed by atoms with Crippen molar-refractivity contribution in [3.8, 4) is 17.2 Å². The average Bonchev–Trinajstić information content (AvgIpc) is 2.52. The maximum Gasteiger partial charge on any atom is 0.203 e. The van der Waals surface area contributed by atoms with Gasteiger partial charge in [0.1, 0.15) is 0 Å². The van der Waals surface area contributed by atoms with Gasteiger partial charge in [-0.25, -0.2) is 0 Å². The fourth-order valence-corrected chi connectivity index (χ4v) is 2.03. The van der Waals surface area contributed by atoms with Crippen LogP contribution in [0.25, 0.3) is 0 Å². The number of aliphatic imine (C=N–C) groups is 1. The molecule has 0 aliphatic rings. The lowest BCUT2D eigenvalue weighted by Crippen LogP contribution is -1.96. The molecule has 0 amide bonds. The first kappa shape index (κ1) is 14.9. The Morgan fingerprint density at radius 2 is 1.52 bits per heavy atom. The van der Waals surface area contributed by atoms with E-state index in [0.717, 1.165) is 16.8 Å². The zero-order valence-corrected chi connectivity index (χ0v) is 12.7. The van der Waals surface area contributed by atoms with E-state index in [0.29, 0.717) is 17.2 Å². The first-order chi connectivity index (χ1) is 10.2. The third-order valence-electron chi connectivity index (χ3n) is 3.16. The lowest BCUT2D eigenvalue weighted by atomic mass is 10.2. The Balaban J connectivity index is 2.39. The molecule has 0 aromatic heterocycles. The van der Waals surface area contributed by atoms with Crippen LogP contribution in [0, 0.1) is 6.92 Å². The molecule has 2 rings (SSSR count). The molecule has 2 aromatic carbocycles. The van der Waals surface area contributed by atoms with Crippen LogP contribution in [0.3, 0.4) is 0 Å². The highest BCUT2D eigenvalue weighted by Crippen LogP contribution is 2.37. The summed E-state index contributed by atoms with van der Waals surface area (Å²) in [6, 6.07) is 11.7. The van der Waals surface area contributed by atoms with Gasteiger partial charge in [0.15, 0.2) is 11.5 Å². The first-order valence-corrected chi connectivity index (χ1v) is 6.59. The molecule has 110 valence electrons. The van der Waals surface area contributed by atoms with Crippen molar-refractivity contribution in [1.82, 2.24) is 0 Å². The summed E-state index contributed by atoms with van der Waals surface area (Å²) in [4.78, 5) is 4.51. The van der Waals surface area contributed by atoms with Gasteiger partial charge in [-0.2, -0.15) is 0 Å². The second kappa shape index (κ2) is 6.79. The third kappa shape index (κ3) is 3.34. The lowest BCUT2D eigenvalue weighted by molar-refractivity contribution is 0.324. The molecule has 0 radical (unpaired) electrons. The van der Waals surface area contributed by atoms with E-state index in [2.05, 4.69) is 4.99 Å². The molecule has 0 N–H and O–H groups in total. The van der Waals surface area contributed by atoms with Crippen LogP contribution < -0.4 is 14.2 Å². The molecule has 4 nitrogen and oxygen atoms in total. The highest BCUT2D eigenvalue weighted by atomic mass is 16.5. The molecule has 0 heterocycles. The van der Waals surface area contributed by atoms with Crippen molar-refractivity contribution in [3.63, 3.8) is 0 Å². The van der Waals surface area contributed by atoms with Gasteiger partial charge in [-0.05, 0) is 30.7 Å². The maximum absolute atomic E-state index is 5.33. The van der Waals surface area contributed by atoms with Gasteiger partial charge in [0.25, 0.3) is 0 Å². The normalized spacial score (nSPS) is 10.7. The largest absolute Gasteiger partial charge is 0.493 e. The number of benzene rings is 2. The Kier molecular flexibility index (Phi) is 4.82. The van der Waals surface area contributed by atoms with Gasteiger partial charge < -0.3 is 14.2 Å². The number of para-hydroxylation sites is 1. The minimum Gasteiger partial charge on any atom is -0.493 e. The van der Waals surface area contributed by atoms with Gasteiger partial charge in [0.2, 0.25) is 5.75 Å². The molecule has 0 fully saturated rings. The van der Waals surface area contributed by atoms with Crippen molar-refractivity contribution in [2.45, 2.75) is 6.92 Å². The van der Waals surface area contributed by atoms with Crippen LogP contribution in [0.1, 0.15) is 11.1 Å². The Bertz CT molecular complexity index is 625. The molecule has 0 bridgehead atoms. The van der Waals surface area contributed by atoms with Crippen LogP contribution in [-0.2, 0) is 0 Å². The average molecular weight is 285 g/mol. The topological polar surface area (TPSA) is 40.0 Å². The van der Waals surface area contributed by atoms with E-state index in [9.17, 15) is 0 Å².